The van der Waals surface area contributed by atoms with Gasteiger partial charge < -0.3 is 5.11 Å². The number of allylic oxidation sites excluding steroid dienone is 1. The molecule has 2 aromatic heterocycles. The summed E-state index contributed by atoms with van der Waals surface area (Å²) in [5, 5.41) is 14.0. The first-order valence-electron chi connectivity index (χ1n) is 6.64. The average Bonchev–Trinajstić information content (AvgIpc) is 2.93. The summed E-state index contributed by atoms with van der Waals surface area (Å²) in [6, 6.07) is 0. The van der Waals surface area contributed by atoms with Gasteiger partial charge >= 0.3 is 6.08 Å². The molecule has 0 radical (unpaired) electrons. The quantitative estimate of drug-likeness (QED) is 0.832. The van der Waals surface area contributed by atoms with Crippen LogP contribution < -0.4 is 0 Å². The first-order chi connectivity index (χ1) is 10.0. The molecule has 0 saturated carbocycles. The van der Waals surface area contributed by atoms with Gasteiger partial charge in [0.25, 0.3) is 5.78 Å². The molecule has 1 N–H and O–H groups in total. The molecule has 0 amide bonds. The number of hydrogen-bond donors (Lipinski definition) is 1. The zero-order chi connectivity index (χ0) is 15.4. The molecule has 2 rings (SSSR count). The van der Waals surface area contributed by atoms with Crippen LogP contribution in [0.2, 0.25) is 0 Å². The Morgan fingerprint density at radius 1 is 1.29 bits per heavy atom. The van der Waals surface area contributed by atoms with Gasteiger partial charge in [-0.2, -0.15) is 23.4 Å². The van der Waals surface area contributed by atoms with Crippen LogP contribution in [-0.4, -0.2) is 24.7 Å². The fourth-order valence-electron chi connectivity index (χ4n) is 2.13. The second-order valence-electron chi connectivity index (χ2n) is 4.56. The van der Waals surface area contributed by atoms with Crippen molar-refractivity contribution in [3.05, 3.63) is 29.5 Å². The van der Waals surface area contributed by atoms with Crippen LogP contribution in [0.1, 0.15) is 37.4 Å². The van der Waals surface area contributed by atoms with E-state index in [1.807, 2.05) is 6.92 Å². The maximum absolute atomic E-state index is 12.7. The van der Waals surface area contributed by atoms with E-state index in [0.717, 1.165) is 0 Å². The van der Waals surface area contributed by atoms with Crippen molar-refractivity contribution < 1.29 is 18.3 Å². The van der Waals surface area contributed by atoms with Gasteiger partial charge in [-0.1, -0.05) is 6.92 Å². The van der Waals surface area contributed by atoms with E-state index >= 15 is 0 Å². The van der Waals surface area contributed by atoms with Gasteiger partial charge in [0.1, 0.15) is 6.33 Å². The number of aromatic nitrogens is 4. The van der Waals surface area contributed by atoms with Gasteiger partial charge in [-0.15, -0.1) is 0 Å². The second-order valence-corrected chi connectivity index (χ2v) is 4.56. The molecule has 0 bridgehead atoms. The van der Waals surface area contributed by atoms with Crippen LogP contribution in [-0.2, 0) is 12.8 Å². The minimum Gasteiger partial charge on any atom is -0.493 e. The highest BCUT2D eigenvalue weighted by Crippen LogP contribution is 2.24. The molecule has 2 aromatic rings. The smallest absolute Gasteiger partial charge is 0.301 e. The van der Waals surface area contributed by atoms with Gasteiger partial charge in [-0.05, 0) is 25.7 Å². The molecule has 5 nitrogen and oxygen atoms in total. The number of aryl methyl sites for hydroxylation is 1. The largest absolute Gasteiger partial charge is 0.493 e. The number of fused-ring (bicyclic) bond motifs is 1. The highest BCUT2D eigenvalue weighted by atomic mass is 19.3. The summed E-state index contributed by atoms with van der Waals surface area (Å²) < 4.78 is 37.8. The molecule has 8 heteroatoms. The van der Waals surface area contributed by atoms with Crippen molar-refractivity contribution in [1.82, 2.24) is 19.6 Å². The van der Waals surface area contributed by atoms with Crippen LogP contribution in [0.5, 0.6) is 5.88 Å². The third-order valence-corrected chi connectivity index (χ3v) is 3.20. The van der Waals surface area contributed by atoms with Crippen LogP contribution >= 0.6 is 0 Å². The molecule has 0 aliphatic rings. The summed E-state index contributed by atoms with van der Waals surface area (Å²) >= 11 is 0. The monoisotopic (exact) mass is 300 g/mol. The van der Waals surface area contributed by atoms with Crippen molar-refractivity contribution in [2.75, 3.05) is 0 Å². The normalized spacial score (nSPS) is 11.0. The maximum atomic E-state index is 12.7. The van der Waals surface area contributed by atoms with Crippen LogP contribution in [0.15, 0.2) is 18.2 Å². The molecular weight excluding hydrogens is 285 g/mol. The van der Waals surface area contributed by atoms with E-state index < -0.39 is 11.9 Å². The summed E-state index contributed by atoms with van der Waals surface area (Å²) in [7, 11) is 0. The van der Waals surface area contributed by atoms with Gasteiger partial charge in [0.05, 0.1) is 5.69 Å². The number of aromatic hydroxyl groups is 1. The molecule has 0 aliphatic heterocycles. The van der Waals surface area contributed by atoms with Crippen molar-refractivity contribution in [1.29, 1.82) is 0 Å². The van der Waals surface area contributed by atoms with Crippen LogP contribution in [0.4, 0.5) is 13.2 Å². The summed E-state index contributed by atoms with van der Waals surface area (Å²) in [6.45, 7) is 1.89. The average molecular weight is 300 g/mol. The van der Waals surface area contributed by atoms with Crippen LogP contribution in [0, 0.1) is 0 Å². The van der Waals surface area contributed by atoms with Crippen molar-refractivity contribution in [3.63, 3.8) is 0 Å². The van der Waals surface area contributed by atoms with E-state index in [0.29, 0.717) is 36.3 Å². The summed E-state index contributed by atoms with van der Waals surface area (Å²) in [5.74, 6) is -1.12. The lowest BCUT2D eigenvalue weighted by molar-refractivity contribution is 0.367. The number of rotatable bonds is 6. The van der Waals surface area contributed by atoms with Crippen molar-refractivity contribution in [2.45, 2.75) is 39.0 Å². The van der Waals surface area contributed by atoms with Gasteiger partial charge in [-0.25, -0.2) is 9.37 Å². The molecule has 0 aromatic carbocycles. The van der Waals surface area contributed by atoms with Gasteiger partial charge in [0, 0.05) is 12.0 Å². The SMILES string of the molecule is CCc1nc2ncnn2c(O)c1CCCCC(F)=C(F)F. The minimum absolute atomic E-state index is 0.0537. The number of nitrogens with zero attached hydrogens (tertiary/aromatic N) is 4. The Balaban J connectivity index is 2.10. The highest BCUT2D eigenvalue weighted by molar-refractivity contribution is 5.40. The third-order valence-electron chi connectivity index (χ3n) is 3.20. The van der Waals surface area contributed by atoms with Gasteiger partial charge in [0.15, 0.2) is 5.83 Å². The first kappa shape index (κ1) is 15.3. The van der Waals surface area contributed by atoms with E-state index in [1.54, 1.807) is 0 Å². The van der Waals surface area contributed by atoms with E-state index in [4.69, 9.17) is 0 Å². The van der Waals surface area contributed by atoms with Crippen LogP contribution in [0.3, 0.4) is 0 Å². The molecule has 0 spiro atoms. The van der Waals surface area contributed by atoms with E-state index in [1.165, 1.54) is 10.8 Å². The summed E-state index contributed by atoms with van der Waals surface area (Å²) in [4.78, 5) is 8.19. The fraction of sp³-hybridized carbons (Fsp3) is 0.462. The Labute approximate surface area is 119 Å². The Kier molecular flexibility index (Phi) is 4.77. The predicted molar refractivity (Wildman–Crippen MR) is 69.7 cm³/mol. The summed E-state index contributed by atoms with van der Waals surface area (Å²) in [6.07, 6.45) is 0.458. The minimum atomic E-state index is -2.27. The predicted octanol–water partition coefficient (Wildman–Crippen LogP) is 3.18. The number of hydrogen-bond acceptors (Lipinski definition) is 4. The van der Waals surface area contributed by atoms with Crippen molar-refractivity contribution in [2.24, 2.45) is 0 Å². The first-order valence-corrected chi connectivity index (χ1v) is 6.64. The second kappa shape index (κ2) is 6.55. The molecule has 0 saturated heterocycles. The molecular formula is C13H15F3N4O. The Bertz CT molecular complexity index is 665. The number of halogens is 3. The lowest BCUT2D eigenvalue weighted by Gasteiger charge is -2.10. The molecule has 21 heavy (non-hydrogen) atoms. The van der Waals surface area contributed by atoms with Crippen LogP contribution in [0.25, 0.3) is 5.78 Å². The van der Waals surface area contributed by atoms with E-state index in [9.17, 15) is 18.3 Å². The molecule has 0 atom stereocenters. The van der Waals surface area contributed by atoms with Crippen molar-refractivity contribution in [3.8, 4) is 5.88 Å². The highest BCUT2D eigenvalue weighted by Gasteiger charge is 2.15. The molecule has 0 aliphatic carbocycles. The third kappa shape index (κ3) is 3.32. The molecule has 114 valence electrons. The molecule has 0 fully saturated rings. The van der Waals surface area contributed by atoms with Crippen molar-refractivity contribution >= 4 is 5.78 Å². The zero-order valence-electron chi connectivity index (χ0n) is 11.5. The fourth-order valence-corrected chi connectivity index (χ4v) is 2.13. The summed E-state index contributed by atoms with van der Waals surface area (Å²) in [5.41, 5.74) is 1.28. The lowest BCUT2D eigenvalue weighted by Crippen LogP contribution is -2.04. The number of unbranched alkanes of at least 4 members (excludes halogenated alkanes) is 1. The molecule has 0 unspecified atom stereocenters. The maximum Gasteiger partial charge on any atom is 0.301 e. The molecule has 2 heterocycles. The van der Waals surface area contributed by atoms with Gasteiger partial charge in [-0.3, -0.25) is 0 Å². The topological polar surface area (TPSA) is 63.3 Å². The Morgan fingerprint density at radius 3 is 2.71 bits per heavy atom. The van der Waals surface area contributed by atoms with E-state index in [-0.39, 0.29) is 18.7 Å². The lowest BCUT2D eigenvalue weighted by atomic mass is 10.0. The Morgan fingerprint density at radius 2 is 2.05 bits per heavy atom. The standard InChI is InChI=1S/C13H15F3N4O/c1-2-10-8(5-3-4-6-9(14)11(15)16)12(21)20-13(19-10)17-7-18-20/h7,21H,2-6H2,1H3. The van der Waals surface area contributed by atoms with E-state index in [2.05, 4.69) is 15.1 Å². The zero-order valence-corrected chi connectivity index (χ0v) is 11.5. The van der Waals surface area contributed by atoms with Gasteiger partial charge in [0.2, 0.25) is 5.88 Å². The Hall–Kier alpha value is -2.12.